The highest BCUT2D eigenvalue weighted by molar-refractivity contribution is 4.78. The molecule has 0 heterocycles. The highest BCUT2D eigenvalue weighted by Crippen LogP contribution is 2.24. The Morgan fingerprint density at radius 2 is 1.79 bits per heavy atom. The molecule has 0 aliphatic heterocycles. The fraction of sp³-hybridized carbons (Fsp3) is 1.00. The van der Waals surface area contributed by atoms with Gasteiger partial charge in [-0.3, -0.25) is 0 Å². The second kappa shape index (κ2) is 6.44. The van der Waals surface area contributed by atoms with Crippen molar-refractivity contribution in [1.82, 2.24) is 5.32 Å². The van der Waals surface area contributed by atoms with Crippen LogP contribution in [0.4, 0.5) is 0 Å². The summed E-state index contributed by atoms with van der Waals surface area (Å²) < 4.78 is 0. The zero-order valence-electron chi connectivity index (χ0n) is 10.2. The largest absolute Gasteiger partial charge is 0.313 e. The van der Waals surface area contributed by atoms with Crippen molar-refractivity contribution in [2.75, 3.05) is 6.54 Å². The fourth-order valence-corrected chi connectivity index (χ4v) is 2.51. The van der Waals surface area contributed by atoms with E-state index in [1.807, 2.05) is 0 Å². The van der Waals surface area contributed by atoms with Crippen LogP contribution in [0.15, 0.2) is 0 Å². The van der Waals surface area contributed by atoms with Crippen LogP contribution in [0, 0.1) is 11.8 Å². The van der Waals surface area contributed by atoms with Gasteiger partial charge < -0.3 is 5.32 Å². The van der Waals surface area contributed by atoms with Gasteiger partial charge in [-0.2, -0.15) is 0 Å². The molecule has 0 spiro atoms. The third-order valence-corrected chi connectivity index (χ3v) is 3.93. The highest BCUT2D eigenvalue weighted by atomic mass is 14.9. The summed E-state index contributed by atoms with van der Waals surface area (Å²) in [6, 6.07) is 0.810. The summed E-state index contributed by atoms with van der Waals surface area (Å²) in [5.41, 5.74) is 0. The van der Waals surface area contributed by atoms with Crippen LogP contribution in [0.3, 0.4) is 0 Å². The number of hydrogen-bond acceptors (Lipinski definition) is 1. The van der Waals surface area contributed by atoms with Crippen LogP contribution < -0.4 is 5.32 Å². The number of nitrogens with one attached hydrogen (secondary N) is 1. The van der Waals surface area contributed by atoms with E-state index in [0.29, 0.717) is 0 Å². The van der Waals surface area contributed by atoms with Gasteiger partial charge >= 0.3 is 0 Å². The van der Waals surface area contributed by atoms with E-state index in [2.05, 4.69) is 26.1 Å². The van der Waals surface area contributed by atoms with Crippen molar-refractivity contribution in [3.63, 3.8) is 0 Å². The van der Waals surface area contributed by atoms with E-state index in [4.69, 9.17) is 0 Å². The van der Waals surface area contributed by atoms with Crippen LogP contribution in [0.1, 0.15) is 59.3 Å². The average molecular weight is 197 g/mol. The quantitative estimate of drug-likeness (QED) is 0.710. The van der Waals surface area contributed by atoms with Gasteiger partial charge in [-0.05, 0) is 31.2 Å². The van der Waals surface area contributed by atoms with Crippen LogP contribution >= 0.6 is 0 Å². The van der Waals surface area contributed by atoms with Crippen molar-refractivity contribution >= 4 is 0 Å². The van der Waals surface area contributed by atoms with Crippen LogP contribution in [-0.2, 0) is 0 Å². The molecule has 1 saturated carbocycles. The van der Waals surface area contributed by atoms with Crippen molar-refractivity contribution in [2.24, 2.45) is 11.8 Å². The third-order valence-electron chi connectivity index (χ3n) is 3.93. The van der Waals surface area contributed by atoms with Gasteiger partial charge in [0.25, 0.3) is 0 Å². The van der Waals surface area contributed by atoms with Gasteiger partial charge in [-0.1, -0.05) is 46.5 Å². The summed E-state index contributed by atoms with van der Waals surface area (Å²) in [4.78, 5) is 0. The maximum Gasteiger partial charge on any atom is 0.00928 e. The first-order valence-electron chi connectivity index (χ1n) is 6.51. The van der Waals surface area contributed by atoms with E-state index in [9.17, 15) is 0 Å². The Labute approximate surface area is 89.7 Å². The molecule has 0 radical (unpaired) electrons. The Hall–Kier alpha value is -0.0400. The van der Waals surface area contributed by atoms with Crippen molar-refractivity contribution in [3.05, 3.63) is 0 Å². The summed E-state index contributed by atoms with van der Waals surface area (Å²) in [7, 11) is 0. The van der Waals surface area contributed by atoms with E-state index >= 15 is 0 Å². The SMILES string of the molecule is CCC(CC)CNC1CCCCC1C. The van der Waals surface area contributed by atoms with Crippen molar-refractivity contribution in [1.29, 1.82) is 0 Å². The summed E-state index contributed by atoms with van der Waals surface area (Å²) in [6.45, 7) is 8.26. The lowest BCUT2D eigenvalue weighted by atomic mass is 9.85. The first kappa shape index (κ1) is 12.0. The second-order valence-electron chi connectivity index (χ2n) is 4.96. The molecular formula is C13H27N. The lowest BCUT2D eigenvalue weighted by molar-refractivity contribution is 0.265. The normalized spacial score (nSPS) is 28.3. The van der Waals surface area contributed by atoms with Gasteiger partial charge in [0.15, 0.2) is 0 Å². The van der Waals surface area contributed by atoms with Crippen molar-refractivity contribution < 1.29 is 0 Å². The van der Waals surface area contributed by atoms with E-state index < -0.39 is 0 Å². The molecule has 1 aliphatic carbocycles. The monoisotopic (exact) mass is 197 g/mol. The van der Waals surface area contributed by atoms with Gasteiger partial charge in [-0.25, -0.2) is 0 Å². The zero-order chi connectivity index (χ0) is 10.4. The van der Waals surface area contributed by atoms with Gasteiger partial charge in [0, 0.05) is 6.04 Å². The van der Waals surface area contributed by atoms with E-state index in [1.165, 1.54) is 45.1 Å². The van der Waals surface area contributed by atoms with Crippen LogP contribution in [0.25, 0.3) is 0 Å². The van der Waals surface area contributed by atoms with Gasteiger partial charge in [0.1, 0.15) is 0 Å². The van der Waals surface area contributed by atoms with E-state index in [1.54, 1.807) is 0 Å². The highest BCUT2D eigenvalue weighted by Gasteiger charge is 2.20. The van der Waals surface area contributed by atoms with Crippen LogP contribution in [0.5, 0.6) is 0 Å². The number of rotatable bonds is 5. The average Bonchev–Trinajstić information content (AvgIpc) is 2.22. The Bertz CT molecular complexity index is 140. The molecule has 1 rings (SSSR count). The maximum atomic E-state index is 3.77. The Morgan fingerprint density at radius 1 is 1.14 bits per heavy atom. The first-order valence-corrected chi connectivity index (χ1v) is 6.51. The summed E-state index contributed by atoms with van der Waals surface area (Å²) in [5.74, 6) is 1.79. The lowest BCUT2D eigenvalue weighted by Gasteiger charge is -2.31. The number of hydrogen-bond donors (Lipinski definition) is 1. The Balaban J connectivity index is 2.21. The molecule has 1 aliphatic rings. The van der Waals surface area contributed by atoms with Crippen LogP contribution in [-0.4, -0.2) is 12.6 Å². The minimum absolute atomic E-state index is 0.810. The first-order chi connectivity index (χ1) is 6.77. The molecule has 0 amide bonds. The molecule has 2 atom stereocenters. The molecular weight excluding hydrogens is 170 g/mol. The second-order valence-corrected chi connectivity index (χ2v) is 4.96. The summed E-state index contributed by atoms with van der Waals surface area (Å²) in [5, 5.41) is 3.77. The summed E-state index contributed by atoms with van der Waals surface area (Å²) in [6.07, 6.45) is 8.37. The molecule has 1 fully saturated rings. The maximum absolute atomic E-state index is 3.77. The molecule has 84 valence electrons. The van der Waals surface area contributed by atoms with E-state index in [-0.39, 0.29) is 0 Å². The Kier molecular flexibility index (Phi) is 5.54. The molecule has 0 aromatic rings. The lowest BCUT2D eigenvalue weighted by Crippen LogP contribution is -2.39. The minimum Gasteiger partial charge on any atom is -0.313 e. The minimum atomic E-state index is 0.810. The molecule has 1 heteroatoms. The molecule has 0 aromatic carbocycles. The fourth-order valence-electron chi connectivity index (χ4n) is 2.51. The zero-order valence-corrected chi connectivity index (χ0v) is 10.2. The molecule has 14 heavy (non-hydrogen) atoms. The molecule has 2 unspecified atom stereocenters. The predicted molar refractivity (Wildman–Crippen MR) is 63.5 cm³/mol. The summed E-state index contributed by atoms with van der Waals surface area (Å²) >= 11 is 0. The standard InChI is InChI=1S/C13H27N/c1-4-12(5-2)10-14-13-9-7-6-8-11(13)3/h11-14H,4-10H2,1-3H3. The van der Waals surface area contributed by atoms with E-state index in [0.717, 1.165) is 17.9 Å². The molecule has 1 nitrogen and oxygen atoms in total. The van der Waals surface area contributed by atoms with Crippen molar-refractivity contribution in [2.45, 2.75) is 65.3 Å². The van der Waals surface area contributed by atoms with Crippen molar-refractivity contribution in [3.8, 4) is 0 Å². The molecule has 0 aromatic heterocycles. The molecule has 0 bridgehead atoms. The van der Waals surface area contributed by atoms with Crippen LogP contribution in [0.2, 0.25) is 0 Å². The topological polar surface area (TPSA) is 12.0 Å². The smallest absolute Gasteiger partial charge is 0.00928 e. The predicted octanol–water partition coefficient (Wildman–Crippen LogP) is 3.59. The molecule has 0 saturated heterocycles. The van der Waals surface area contributed by atoms with Gasteiger partial charge in [0.2, 0.25) is 0 Å². The Morgan fingerprint density at radius 3 is 2.36 bits per heavy atom. The van der Waals surface area contributed by atoms with Gasteiger partial charge in [0.05, 0.1) is 0 Å². The molecule has 1 N–H and O–H groups in total. The third kappa shape index (κ3) is 3.61. The van der Waals surface area contributed by atoms with Gasteiger partial charge in [-0.15, -0.1) is 0 Å².